The van der Waals surface area contributed by atoms with Crippen molar-refractivity contribution < 1.29 is 9.09 Å². The van der Waals surface area contributed by atoms with E-state index in [9.17, 15) is 4.57 Å². The van der Waals surface area contributed by atoms with Gasteiger partial charge in [-0.2, -0.15) is 5.26 Å². The first-order valence-corrected chi connectivity index (χ1v) is 8.63. The van der Waals surface area contributed by atoms with Crippen molar-refractivity contribution in [1.82, 2.24) is 4.67 Å². The summed E-state index contributed by atoms with van der Waals surface area (Å²) in [5, 5.41) is 9.01. The summed E-state index contributed by atoms with van der Waals surface area (Å²) < 4.78 is 19.2. The van der Waals surface area contributed by atoms with Crippen molar-refractivity contribution in [2.24, 2.45) is 0 Å². The summed E-state index contributed by atoms with van der Waals surface area (Å²) in [7, 11) is -3.23. The molecular weight excluding hydrogens is 247 g/mol. The first-order chi connectivity index (χ1) is 8.64. The van der Waals surface area contributed by atoms with E-state index in [0.29, 0.717) is 19.7 Å². The minimum Gasteiger partial charge on any atom is -0.307 e. The second-order valence-electron chi connectivity index (χ2n) is 4.36. The summed E-state index contributed by atoms with van der Waals surface area (Å²) in [5.74, 6) is 1.85. The molecule has 0 aliphatic rings. The third-order valence-corrected chi connectivity index (χ3v) is 5.09. The highest BCUT2D eigenvalue weighted by Crippen LogP contribution is 2.49. The van der Waals surface area contributed by atoms with Crippen LogP contribution in [-0.4, -0.2) is 24.4 Å². The van der Waals surface area contributed by atoms with Gasteiger partial charge in [0.25, 0.3) is 0 Å². The summed E-state index contributed by atoms with van der Waals surface area (Å²) in [6.45, 7) is 7.56. The highest BCUT2D eigenvalue weighted by molar-refractivity contribution is 7.61. The number of hydrogen-bond acceptors (Lipinski definition) is 3. The molecule has 0 saturated carbocycles. The third-order valence-electron chi connectivity index (χ3n) is 2.99. The van der Waals surface area contributed by atoms with E-state index in [1.165, 1.54) is 25.7 Å². The molecule has 0 aromatic carbocycles. The molecule has 18 heavy (non-hydrogen) atoms. The van der Waals surface area contributed by atoms with Crippen LogP contribution in [0.5, 0.6) is 0 Å². The molecule has 0 radical (unpaired) electrons. The Bertz CT molecular complexity index is 285. The van der Waals surface area contributed by atoms with E-state index in [1.807, 2.05) is 19.7 Å². The molecule has 1 unspecified atom stereocenters. The molecule has 0 amide bonds. The van der Waals surface area contributed by atoms with Gasteiger partial charge in [-0.15, -0.1) is 0 Å². The Morgan fingerprint density at radius 1 is 1.06 bits per heavy atom. The molecular formula is C13H27N2O2P. The highest BCUT2D eigenvalue weighted by Gasteiger charge is 2.29. The summed E-state index contributed by atoms with van der Waals surface area (Å²) in [6, 6.07) is 0. The first kappa shape index (κ1) is 17.6. The molecule has 0 fully saturated rings. The standard InChI is InChI=1S/C13H27N2O2P/c1-4-7-8-9-10-11-12-17-18(16,13-14)15(5-2)6-3/h4-12H2,1-3H3. The van der Waals surface area contributed by atoms with Gasteiger partial charge >= 0.3 is 7.52 Å². The fraction of sp³-hybridized carbons (Fsp3) is 0.923. The van der Waals surface area contributed by atoms with Gasteiger partial charge in [0.05, 0.1) is 6.61 Å². The minimum atomic E-state index is -3.23. The molecule has 0 rings (SSSR count). The Morgan fingerprint density at radius 2 is 1.61 bits per heavy atom. The van der Waals surface area contributed by atoms with Gasteiger partial charge in [-0.25, -0.2) is 4.67 Å². The Kier molecular flexibility index (Phi) is 10.3. The van der Waals surface area contributed by atoms with Crippen LogP contribution in [0.3, 0.4) is 0 Å². The van der Waals surface area contributed by atoms with Crippen LogP contribution in [0.4, 0.5) is 0 Å². The van der Waals surface area contributed by atoms with Crippen molar-refractivity contribution in [3.8, 4) is 5.81 Å². The Morgan fingerprint density at radius 3 is 2.11 bits per heavy atom. The number of nitriles is 1. The second-order valence-corrected chi connectivity index (χ2v) is 6.43. The SMILES string of the molecule is CCCCCCCCOP(=O)(C#N)N(CC)CC. The van der Waals surface area contributed by atoms with E-state index in [-0.39, 0.29) is 0 Å². The quantitative estimate of drug-likeness (QED) is 0.414. The van der Waals surface area contributed by atoms with Gasteiger partial charge in [-0.3, -0.25) is 4.57 Å². The molecule has 0 spiro atoms. The molecule has 0 aromatic rings. The van der Waals surface area contributed by atoms with Crippen molar-refractivity contribution >= 4 is 7.52 Å². The van der Waals surface area contributed by atoms with Crippen LogP contribution in [0.15, 0.2) is 0 Å². The zero-order valence-corrected chi connectivity index (χ0v) is 12.9. The van der Waals surface area contributed by atoms with E-state index in [1.54, 1.807) is 4.67 Å². The predicted octanol–water partition coefficient (Wildman–Crippen LogP) is 4.38. The van der Waals surface area contributed by atoms with Crippen LogP contribution in [0, 0.1) is 11.1 Å². The van der Waals surface area contributed by atoms with Crippen LogP contribution in [0.2, 0.25) is 0 Å². The summed E-state index contributed by atoms with van der Waals surface area (Å²) >= 11 is 0. The topological polar surface area (TPSA) is 53.3 Å². The van der Waals surface area contributed by atoms with Crippen molar-refractivity contribution in [2.45, 2.75) is 59.3 Å². The van der Waals surface area contributed by atoms with E-state index in [0.717, 1.165) is 12.8 Å². The summed E-state index contributed by atoms with van der Waals surface area (Å²) in [5.41, 5.74) is 0. The second kappa shape index (κ2) is 10.6. The fourth-order valence-electron chi connectivity index (χ4n) is 1.84. The summed E-state index contributed by atoms with van der Waals surface area (Å²) in [4.78, 5) is 0. The van der Waals surface area contributed by atoms with Gasteiger partial charge in [0, 0.05) is 13.1 Å². The number of nitrogens with zero attached hydrogens (tertiary/aromatic N) is 2. The van der Waals surface area contributed by atoms with Crippen LogP contribution in [0.1, 0.15) is 59.3 Å². The molecule has 4 nitrogen and oxygen atoms in total. The smallest absolute Gasteiger partial charge is 0.307 e. The molecule has 0 heterocycles. The average molecular weight is 274 g/mol. The Balaban J connectivity index is 3.88. The van der Waals surface area contributed by atoms with Gasteiger partial charge in [0.2, 0.25) is 0 Å². The first-order valence-electron chi connectivity index (χ1n) is 7.05. The molecule has 0 aliphatic carbocycles. The maximum atomic E-state index is 12.2. The highest BCUT2D eigenvalue weighted by atomic mass is 31.2. The van der Waals surface area contributed by atoms with Gasteiger partial charge in [0.15, 0.2) is 5.81 Å². The maximum Gasteiger partial charge on any atom is 0.371 e. The maximum absolute atomic E-state index is 12.2. The molecule has 0 N–H and O–H groups in total. The lowest BCUT2D eigenvalue weighted by molar-refractivity contribution is 0.266. The van der Waals surface area contributed by atoms with Crippen LogP contribution in [0.25, 0.3) is 0 Å². The minimum absolute atomic E-state index is 0.424. The fourth-order valence-corrected chi connectivity index (χ4v) is 3.31. The monoisotopic (exact) mass is 274 g/mol. The van der Waals surface area contributed by atoms with Crippen molar-refractivity contribution in [1.29, 1.82) is 5.26 Å². The predicted molar refractivity (Wildman–Crippen MR) is 75.5 cm³/mol. The van der Waals surface area contributed by atoms with Crippen LogP contribution in [-0.2, 0) is 9.09 Å². The molecule has 106 valence electrons. The van der Waals surface area contributed by atoms with Gasteiger partial charge < -0.3 is 4.52 Å². The van der Waals surface area contributed by atoms with Crippen LogP contribution < -0.4 is 0 Å². The molecule has 0 saturated heterocycles. The van der Waals surface area contributed by atoms with Gasteiger partial charge in [-0.05, 0) is 6.42 Å². The molecule has 5 heteroatoms. The molecule has 0 bridgehead atoms. The zero-order valence-electron chi connectivity index (χ0n) is 12.0. The van der Waals surface area contributed by atoms with Gasteiger partial charge in [0.1, 0.15) is 0 Å². The normalized spacial score (nSPS) is 14.4. The molecule has 0 aromatic heterocycles. The Hall–Kier alpha value is -0.360. The lowest BCUT2D eigenvalue weighted by Gasteiger charge is -2.23. The molecule has 0 aliphatic heterocycles. The van der Waals surface area contributed by atoms with Crippen molar-refractivity contribution in [3.05, 3.63) is 0 Å². The summed E-state index contributed by atoms with van der Waals surface area (Å²) in [6.07, 6.45) is 6.93. The Labute approximate surface area is 112 Å². The molecule has 1 atom stereocenters. The number of rotatable bonds is 11. The van der Waals surface area contributed by atoms with E-state index >= 15 is 0 Å². The van der Waals surface area contributed by atoms with E-state index < -0.39 is 7.52 Å². The largest absolute Gasteiger partial charge is 0.371 e. The number of unbranched alkanes of at least 4 members (excludes halogenated alkanes) is 5. The van der Waals surface area contributed by atoms with Crippen molar-refractivity contribution in [2.75, 3.05) is 19.7 Å². The zero-order chi connectivity index (χ0) is 13.9. The van der Waals surface area contributed by atoms with E-state index in [4.69, 9.17) is 9.79 Å². The lowest BCUT2D eigenvalue weighted by Crippen LogP contribution is -2.20. The van der Waals surface area contributed by atoms with E-state index in [2.05, 4.69) is 6.92 Å². The third kappa shape index (κ3) is 6.54. The average Bonchev–Trinajstić information content (AvgIpc) is 2.39. The van der Waals surface area contributed by atoms with Crippen LogP contribution >= 0.6 is 7.52 Å². The number of hydrogen-bond donors (Lipinski definition) is 0. The van der Waals surface area contributed by atoms with Gasteiger partial charge in [-0.1, -0.05) is 52.9 Å². The lowest BCUT2D eigenvalue weighted by atomic mass is 10.1. The van der Waals surface area contributed by atoms with Crippen molar-refractivity contribution in [3.63, 3.8) is 0 Å².